The Morgan fingerprint density at radius 2 is 1.82 bits per heavy atom. The summed E-state index contributed by atoms with van der Waals surface area (Å²) in [6.45, 7) is 3.25. The second kappa shape index (κ2) is 9.51. The van der Waals surface area contributed by atoms with Gasteiger partial charge in [0.2, 0.25) is 16.0 Å². The average molecular weight is 447 g/mol. The molecule has 0 aliphatic carbocycles. The van der Waals surface area contributed by atoms with Gasteiger partial charge in [-0.2, -0.15) is 0 Å². The van der Waals surface area contributed by atoms with Gasteiger partial charge in [0.15, 0.2) is 0 Å². The zero-order chi connectivity index (χ0) is 18.1. The Hall–Kier alpha value is -1.94. The molecule has 28 heavy (non-hydrogen) atoms. The van der Waals surface area contributed by atoms with Gasteiger partial charge in [0.25, 0.3) is 0 Å². The van der Waals surface area contributed by atoms with Crippen LogP contribution in [0.1, 0.15) is 6.42 Å². The van der Waals surface area contributed by atoms with Gasteiger partial charge in [0.05, 0.1) is 11.9 Å². The summed E-state index contributed by atoms with van der Waals surface area (Å²) in [5, 5.41) is 5.50. The van der Waals surface area contributed by atoms with E-state index in [9.17, 15) is 9.18 Å². The van der Waals surface area contributed by atoms with E-state index in [0.717, 1.165) is 34.4 Å². The molecular weight excluding hydrogens is 426 g/mol. The summed E-state index contributed by atoms with van der Waals surface area (Å²) >= 11 is 1.51. The number of amides is 1. The first-order valence-corrected chi connectivity index (χ1v) is 9.30. The van der Waals surface area contributed by atoms with Crippen molar-refractivity contribution >= 4 is 52.2 Å². The molecule has 3 aromatic rings. The van der Waals surface area contributed by atoms with Crippen LogP contribution in [0.2, 0.25) is 0 Å². The van der Waals surface area contributed by atoms with E-state index >= 15 is 0 Å². The van der Waals surface area contributed by atoms with Crippen LogP contribution in [0.5, 0.6) is 0 Å². The molecule has 0 radical (unpaired) electrons. The fraction of sp³-hybridized carbons (Fsp3) is 0.353. The lowest BCUT2D eigenvalue weighted by molar-refractivity contribution is -0.131. The summed E-state index contributed by atoms with van der Waals surface area (Å²) < 4.78 is 14.8. The molecule has 1 saturated heterocycles. The fourth-order valence-electron chi connectivity index (χ4n) is 3.01. The predicted molar refractivity (Wildman–Crippen MR) is 113 cm³/mol. The Bertz CT molecular complexity index is 892. The normalized spacial score (nSPS) is 13.9. The molecule has 1 aromatic carbocycles. The number of hydrogen-bond acceptors (Lipinski definition) is 6. The molecule has 1 amide bonds. The third-order valence-electron chi connectivity index (χ3n) is 4.43. The van der Waals surface area contributed by atoms with Gasteiger partial charge in [-0.3, -0.25) is 4.79 Å². The third-order valence-corrected chi connectivity index (χ3v) is 5.42. The molecular formula is C17H21Cl2FN6OS. The van der Waals surface area contributed by atoms with E-state index < -0.39 is 0 Å². The zero-order valence-electron chi connectivity index (χ0n) is 15.0. The molecule has 0 spiro atoms. The lowest BCUT2D eigenvalue weighted by Crippen LogP contribution is -2.49. The zero-order valence-corrected chi connectivity index (χ0v) is 17.4. The van der Waals surface area contributed by atoms with Gasteiger partial charge in [0.1, 0.15) is 5.82 Å². The molecule has 0 unspecified atom stereocenters. The lowest BCUT2D eigenvalue weighted by atomic mass is 10.2. The van der Waals surface area contributed by atoms with E-state index in [1.807, 2.05) is 11.1 Å². The van der Waals surface area contributed by atoms with E-state index in [2.05, 4.69) is 15.0 Å². The summed E-state index contributed by atoms with van der Waals surface area (Å²) in [4.78, 5) is 21.3. The molecule has 0 saturated carbocycles. The topological polar surface area (TPSA) is 79.8 Å². The summed E-state index contributed by atoms with van der Waals surface area (Å²) in [5.74, 6) is -0.149. The average Bonchev–Trinajstić information content (AvgIpc) is 3.22. The van der Waals surface area contributed by atoms with Crippen molar-refractivity contribution < 1.29 is 9.18 Å². The minimum atomic E-state index is -0.265. The highest BCUT2D eigenvalue weighted by atomic mass is 35.5. The maximum Gasteiger partial charge on any atom is 0.223 e. The van der Waals surface area contributed by atoms with Crippen molar-refractivity contribution in [3.8, 4) is 11.3 Å². The van der Waals surface area contributed by atoms with Gasteiger partial charge in [-0.15, -0.1) is 29.9 Å². The molecule has 3 heterocycles. The van der Waals surface area contributed by atoms with Crippen molar-refractivity contribution in [2.75, 3.05) is 37.6 Å². The molecule has 1 fully saturated rings. The highest BCUT2D eigenvalue weighted by Crippen LogP contribution is 2.27. The standard InChI is InChI=1S/C17H19FN6OS.2ClH/c18-13-3-1-12(2-4-13)14-11-24-16(20-14)26-17(21-24)23-9-7-22(8-10-23)15(25)5-6-19;;/h1-4,11H,5-10,19H2;2*1H. The maximum absolute atomic E-state index is 13.1. The van der Waals surface area contributed by atoms with Crippen molar-refractivity contribution in [2.24, 2.45) is 5.73 Å². The van der Waals surface area contributed by atoms with Crippen LogP contribution in [0.25, 0.3) is 16.2 Å². The van der Waals surface area contributed by atoms with E-state index in [1.165, 1.54) is 23.5 Å². The second-order valence-corrected chi connectivity index (χ2v) is 7.09. The molecule has 0 bridgehead atoms. The number of anilines is 1. The second-order valence-electron chi connectivity index (χ2n) is 6.15. The summed E-state index contributed by atoms with van der Waals surface area (Å²) in [7, 11) is 0. The first kappa shape index (κ1) is 22.4. The Balaban J connectivity index is 0.00000140. The molecule has 2 aromatic heterocycles. The van der Waals surface area contributed by atoms with Crippen LogP contribution in [0.15, 0.2) is 30.5 Å². The van der Waals surface area contributed by atoms with Crippen LogP contribution in [-0.4, -0.2) is 58.1 Å². The van der Waals surface area contributed by atoms with E-state index in [1.54, 1.807) is 16.6 Å². The number of nitrogens with two attached hydrogens (primary N) is 1. The maximum atomic E-state index is 13.1. The van der Waals surface area contributed by atoms with E-state index in [0.29, 0.717) is 26.1 Å². The minimum Gasteiger partial charge on any atom is -0.343 e. The molecule has 1 aliphatic rings. The number of rotatable bonds is 4. The number of halogens is 3. The summed E-state index contributed by atoms with van der Waals surface area (Å²) in [5.41, 5.74) is 7.08. The molecule has 0 atom stereocenters. The van der Waals surface area contributed by atoms with Crippen LogP contribution in [0, 0.1) is 5.82 Å². The van der Waals surface area contributed by atoms with Gasteiger partial charge in [-0.05, 0) is 24.3 Å². The molecule has 2 N–H and O–H groups in total. The number of benzene rings is 1. The Morgan fingerprint density at radius 3 is 2.43 bits per heavy atom. The molecule has 4 rings (SSSR count). The number of imidazole rings is 1. The molecule has 152 valence electrons. The number of fused-ring (bicyclic) bond motifs is 1. The summed E-state index contributed by atoms with van der Waals surface area (Å²) in [6, 6.07) is 6.26. The van der Waals surface area contributed by atoms with Crippen molar-refractivity contribution in [3.05, 3.63) is 36.3 Å². The van der Waals surface area contributed by atoms with Crippen molar-refractivity contribution in [1.82, 2.24) is 19.5 Å². The SMILES string of the molecule is Cl.Cl.NCCC(=O)N1CCN(c2nn3cc(-c4ccc(F)cc4)nc3s2)CC1. The van der Waals surface area contributed by atoms with Gasteiger partial charge in [-0.1, -0.05) is 11.3 Å². The Kier molecular flexibility index (Phi) is 7.59. The van der Waals surface area contributed by atoms with Crippen LogP contribution in [0.3, 0.4) is 0 Å². The van der Waals surface area contributed by atoms with Crippen molar-refractivity contribution in [2.45, 2.75) is 6.42 Å². The number of aromatic nitrogens is 3. The van der Waals surface area contributed by atoms with Crippen LogP contribution < -0.4 is 10.6 Å². The molecule has 1 aliphatic heterocycles. The molecule has 7 nitrogen and oxygen atoms in total. The van der Waals surface area contributed by atoms with Crippen molar-refractivity contribution in [3.63, 3.8) is 0 Å². The van der Waals surface area contributed by atoms with Crippen LogP contribution >= 0.6 is 36.2 Å². The lowest BCUT2D eigenvalue weighted by Gasteiger charge is -2.34. The minimum absolute atomic E-state index is 0. The first-order chi connectivity index (χ1) is 12.6. The van der Waals surface area contributed by atoms with Crippen molar-refractivity contribution in [1.29, 1.82) is 0 Å². The Labute approximate surface area is 178 Å². The number of piperazine rings is 1. The number of hydrogen-bond donors (Lipinski definition) is 1. The molecule has 11 heteroatoms. The van der Waals surface area contributed by atoms with E-state index in [4.69, 9.17) is 5.73 Å². The number of carbonyl (C=O) groups is 1. The van der Waals surface area contributed by atoms with Gasteiger partial charge >= 0.3 is 0 Å². The smallest absolute Gasteiger partial charge is 0.223 e. The quantitative estimate of drug-likeness (QED) is 0.665. The summed E-state index contributed by atoms with van der Waals surface area (Å²) in [6.07, 6.45) is 2.25. The first-order valence-electron chi connectivity index (χ1n) is 8.49. The van der Waals surface area contributed by atoms with Crippen LogP contribution in [0.4, 0.5) is 9.52 Å². The number of carbonyl (C=O) groups excluding carboxylic acids is 1. The van der Waals surface area contributed by atoms with Gasteiger partial charge < -0.3 is 15.5 Å². The third kappa shape index (κ3) is 4.54. The monoisotopic (exact) mass is 446 g/mol. The largest absolute Gasteiger partial charge is 0.343 e. The highest BCUT2D eigenvalue weighted by molar-refractivity contribution is 7.20. The van der Waals surface area contributed by atoms with Crippen LogP contribution in [-0.2, 0) is 4.79 Å². The van der Waals surface area contributed by atoms with E-state index in [-0.39, 0.29) is 36.5 Å². The van der Waals surface area contributed by atoms with Gasteiger partial charge in [0, 0.05) is 44.7 Å². The van der Waals surface area contributed by atoms with Gasteiger partial charge in [-0.25, -0.2) is 13.9 Å². The highest BCUT2D eigenvalue weighted by Gasteiger charge is 2.23. The fourth-order valence-corrected chi connectivity index (χ4v) is 3.94. The Morgan fingerprint density at radius 1 is 1.14 bits per heavy atom. The predicted octanol–water partition coefficient (Wildman–Crippen LogP) is 2.44. The number of nitrogens with zero attached hydrogens (tertiary/aromatic N) is 5.